The van der Waals surface area contributed by atoms with Crippen LogP contribution in [0.15, 0.2) is 41.8 Å². The number of hydrogen-bond donors (Lipinski definition) is 3. The highest BCUT2D eigenvalue weighted by Gasteiger charge is 2.44. The molecule has 1 atom stereocenters. The smallest absolute Gasteiger partial charge is 0.319 e. The maximum absolute atomic E-state index is 13.4. The number of hydrogen-bond acceptors (Lipinski definition) is 5. The molecule has 2 fully saturated rings. The van der Waals surface area contributed by atoms with Crippen molar-refractivity contribution in [2.24, 2.45) is 5.73 Å². The van der Waals surface area contributed by atoms with E-state index in [4.69, 9.17) is 5.73 Å². The fourth-order valence-electron chi connectivity index (χ4n) is 4.08. The quantitative estimate of drug-likeness (QED) is 0.541. The minimum Gasteiger partial charge on any atom is -0.350 e. The largest absolute Gasteiger partial charge is 0.350 e. The van der Waals surface area contributed by atoms with E-state index in [1.54, 1.807) is 0 Å². The number of amides is 3. The first-order valence-electron chi connectivity index (χ1n) is 10.7. The predicted octanol–water partition coefficient (Wildman–Crippen LogP) is 1.13. The molecule has 1 aromatic carbocycles. The van der Waals surface area contributed by atoms with Crippen molar-refractivity contribution in [3.05, 3.63) is 42.7 Å². The minimum absolute atomic E-state index is 0.0541. The summed E-state index contributed by atoms with van der Waals surface area (Å²) in [5.74, 6) is -1.14. The van der Waals surface area contributed by atoms with Crippen LogP contribution < -0.4 is 16.4 Å². The summed E-state index contributed by atoms with van der Waals surface area (Å²) in [6, 6.07) is 3.79. The van der Waals surface area contributed by atoms with Crippen molar-refractivity contribution in [2.75, 3.05) is 19.6 Å². The number of urea groups is 1. The molecule has 2 aliphatic rings. The lowest BCUT2D eigenvalue weighted by atomic mass is 9.92. The first-order valence-corrected chi connectivity index (χ1v) is 12.2. The highest BCUT2D eigenvalue weighted by atomic mass is 32.2. The second-order valence-corrected chi connectivity index (χ2v) is 9.98. The van der Waals surface area contributed by atoms with Crippen LogP contribution in [0.2, 0.25) is 0 Å². The Bertz CT molecular complexity index is 932. The zero-order valence-electron chi connectivity index (χ0n) is 17.9. The summed E-state index contributed by atoms with van der Waals surface area (Å²) >= 11 is 0. The zero-order valence-corrected chi connectivity index (χ0v) is 18.7. The molecule has 1 aliphatic carbocycles. The van der Waals surface area contributed by atoms with E-state index in [1.807, 2.05) is 0 Å². The minimum atomic E-state index is -4.17. The summed E-state index contributed by atoms with van der Waals surface area (Å²) in [7, 11) is -4.17. The van der Waals surface area contributed by atoms with Crippen molar-refractivity contribution < 1.29 is 22.4 Å². The summed E-state index contributed by atoms with van der Waals surface area (Å²) in [6.45, 7) is 4.00. The fraction of sp³-hybridized carbons (Fsp3) is 0.524. The molecule has 0 aromatic heterocycles. The predicted molar refractivity (Wildman–Crippen MR) is 117 cm³/mol. The molecular formula is C21H30FN5O4S. The Morgan fingerprint density at radius 1 is 1.16 bits per heavy atom. The van der Waals surface area contributed by atoms with Gasteiger partial charge in [0, 0.05) is 31.7 Å². The number of carbonyl (C=O) groups excluding carboxylic acids is 2. The molecule has 11 heteroatoms. The highest BCUT2D eigenvalue weighted by molar-refractivity contribution is 7.89. The molecule has 3 rings (SSSR count). The second-order valence-electron chi connectivity index (χ2n) is 8.09. The third kappa shape index (κ3) is 5.45. The highest BCUT2D eigenvalue weighted by Crippen LogP contribution is 2.25. The van der Waals surface area contributed by atoms with Crippen molar-refractivity contribution in [2.45, 2.75) is 55.2 Å². The molecule has 4 N–H and O–H groups in total. The maximum atomic E-state index is 13.4. The number of nitrogens with zero attached hydrogens (tertiary/aromatic N) is 2. The SMILES string of the molecule is C=CCNC(=O)N1CCCN(S(=O)(=O)c2ccc(F)cc2)C1C(=O)NC1CCC(N)CC1. The third-order valence-electron chi connectivity index (χ3n) is 5.78. The van der Waals surface area contributed by atoms with E-state index < -0.39 is 33.9 Å². The van der Waals surface area contributed by atoms with E-state index >= 15 is 0 Å². The van der Waals surface area contributed by atoms with Crippen LogP contribution in [-0.4, -0.2) is 67.4 Å². The zero-order chi connectivity index (χ0) is 23.3. The molecule has 1 heterocycles. The standard InChI is InChI=1S/C21H30FN5O4S/c1-2-12-24-21(29)26-13-3-14-27(32(30,31)18-10-4-15(22)5-11-18)20(26)19(28)25-17-8-6-16(23)7-9-17/h2,4-5,10-11,16-17,20H,1,3,6-9,12-14,23H2,(H,24,29)(H,25,28). The average Bonchev–Trinajstić information content (AvgIpc) is 2.78. The van der Waals surface area contributed by atoms with Gasteiger partial charge in [-0.3, -0.25) is 9.69 Å². The van der Waals surface area contributed by atoms with Gasteiger partial charge in [0.2, 0.25) is 10.0 Å². The average molecular weight is 468 g/mol. The Labute approximate surface area is 187 Å². The van der Waals surface area contributed by atoms with Gasteiger partial charge in [0.05, 0.1) is 4.90 Å². The van der Waals surface area contributed by atoms with E-state index in [-0.39, 0.29) is 36.6 Å². The molecule has 0 bridgehead atoms. The van der Waals surface area contributed by atoms with E-state index in [1.165, 1.54) is 11.0 Å². The summed E-state index contributed by atoms with van der Waals surface area (Å²) in [4.78, 5) is 27.2. The Kier molecular flexibility index (Phi) is 7.86. The number of nitrogens with two attached hydrogens (primary N) is 1. The Balaban J connectivity index is 1.90. The number of rotatable bonds is 6. The fourth-order valence-corrected chi connectivity index (χ4v) is 5.67. The normalized spacial score (nSPS) is 24.6. The number of halogens is 1. The topological polar surface area (TPSA) is 125 Å². The molecule has 1 saturated carbocycles. The monoisotopic (exact) mass is 467 g/mol. The molecule has 1 saturated heterocycles. The lowest BCUT2D eigenvalue weighted by molar-refractivity contribution is -0.131. The molecular weight excluding hydrogens is 437 g/mol. The summed E-state index contributed by atoms with van der Waals surface area (Å²) in [6.07, 6.45) is 3.38. The van der Waals surface area contributed by atoms with Crippen LogP contribution in [0, 0.1) is 5.82 Å². The van der Waals surface area contributed by atoms with Crippen molar-refractivity contribution in [1.82, 2.24) is 19.8 Å². The Morgan fingerprint density at radius 2 is 1.81 bits per heavy atom. The first-order chi connectivity index (χ1) is 15.2. The lowest BCUT2D eigenvalue weighted by Crippen LogP contribution is -2.65. The van der Waals surface area contributed by atoms with E-state index in [2.05, 4.69) is 17.2 Å². The van der Waals surface area contributed by atoms with Gasteiger partial charge >= 0.3 is 6.03 Å². The van der Waals surface area contributed by atoms with E-state index in [9.17, 15) is 22.4 Å². The molecule has 9 nitrogen and oxygen atoms in total. The van der Waals surface area contributed by atoms with Crippen molar-refractivity contribution in [3.8, 4) is 0 Å². The van der Waals surface area contributed by atoms with Gasteiger partial charge in [-0.15, -0.1) is 6.58 Å². The Morgan fingerprint density at radius 3 is 2.44 bits per heavy atom. The Hall–Kier alpha value is -2.50. The molecule has 32 heavy (non-hydrogen) atoms. The lowest BCUT2D eigenvalue weighted by Gasteiger charge is -2.42. The summed E-state index contributed by atoms with van der Waals surface area (Å²) in [5, 5.41) is 5.53. The third-order valence-corrected chi connectivity index (χ3v) is 7.64. The number of carbonyl (C=O) groups is 2. The molecule has 3 amide bonds. The van der Waals surface area contributed by atoms with Crippen LogP contribution in [0.1, 0.15) is 32.1 Å². The molecule has 1 aromatic rings. The first kappa shape index (κ1) is 24.1. The van der Waals surface area contributed by atoms with Crippen LogP contribution in [-0.2, 0) is 14.8 Å². The molecule has 0 spiro atoms. The molecule has 0 radical (unpaired) electrons. The van der Waals surface area contributed by atoms with Crippen LogP contribution in [0.25, 0.3) is 0 Å². The molecule has 1 aliphatic heterocycles. The van der Waals surface area contributed by atoms with Gasteiger partial charge in [0.25, 0.3) is 5.91 Å². The molecule has 176 valence electrons. The van der Waals surface area contributed by atoms with Gasteiger partial charge < -0.3 is 16.4 Å². The maximum Gasteiger partial charge on any atom is 0.319 e. The van der Waals surface area contributed by atoms with Crippen LogP contribution in [0.5, 0.6) is 0 Å². The van der Waals surface area contributed by atoms with Crippen LogP contribution in [0.4, 0.5) is 9.18 Å². The van der Waals surface area contributed by atoms with E-state index in [0.29, 0.717) is 19.3 Å². The van der Waals surface area contributed by atoms with Gasteiger partial charge in [-0.1, -0.05) is 6.08 Å². The van der Waals surface area contributed by atoms with Gasteiger partial charge in [0.1, 0.15) is 5.82 Å². The van der Waals surface area contributed by atoms with Gasteiger partial charge in [0.15, 0.2) is 6.17 Å². The van der Waals surface area contributed by atoms with Gasteiger partial charge in [-0.05, 0) is 56.4 Å². The van der Waals surface area contributed by atoms with Crippen molar-refractivity contribution in [1.29, 1.82) is 0 Å². The van der Waals surface area contributed by atoms with Crippen LogP contribution >= 0.6 is 0 Å². The van der Waals surface area contributed by atoms with Gasteiger partial charge in [-0.2, -0.15) is 4.31 Å². The second kappa shape index (κ2) is 10.4. The van der Waals surface area contributed by atoms with Crippen molar-refractivity contribution >= 4 is 22.0 Å². The summed E-state index contributed by atoms with van der Waals surface area (Å²) in [5.41, 5.74) is 5.94. The number of nitrogens with one attached hydrogen (secondary N) is 2. The molecule has 1 unspecified atom stereocenters. The number of sulfonamides is 1. The van der Waals surface area contributed by atoms with Gasteiger partial charge in [-0.25, -0.2) is 17.6 Å². The van der Waals surface area contributed by atoms with Crippen LogP contribution in [0.3, 0.4) is 0 Å². The van der Waals surface area contributed by atoms with E-state index in [0.717, 1.165) is 41.4 Å². The van der Waals surface area contributed by atoms with Crippen molar-refractivity contribution in [3.63, 3.8) is 0 Å². The summed E-state index contributed by atoms with van der Waals surface area (Å²) < 4.78 is 41.1. The number of benzene rings is 1.